The van der Waals surface area contributed by atoms with Crippen molar-refractivity contribution in [3.8, 4) is 0 Å². The number of nitrogens with two attached hydrogens (primary N) is 1. The molecule has 0 aliphatic rings. The summed E-state index contributed by atoms with van der Waals surface area (Å²) in [7, 11) is -2.35. The second-order valence-electron chi connectivity index (χ2n) is 4.57. The Bertz CT molecular complexity index is 683. The van der Waals surface area contributed by atoms with E-state index in [4.69, 9.17) is 9.88 Å². The van der Waals surface area contributed by atoms with E-state index in [1.54, 1.807) is 7.11 Å². The summed E-state index contributed by atoms with van der Waals surface area (Å²) in [6.45, 7) is 0.707. The van der Waals surface area contributed by atoms with Crippen LogP contribution >= 0.6 is 0 Å². The Morgan fingerprint density at radius 3 is 2.52 bits per heavy atom. The standard InChI is InChI=1S/C13H18N4O3S/c1-20-10-9-17-12(15-16-13(17)21(14,18)19)8-7-11-5-3-2-4-6-11/h2-6H,7-10H2,1H3,(H2,14,18,19). The number of sulfonamides is 1. The van der Waals surface area contributed by atoms with Crippen LogP contribution in [0, 0.1) is 0 Å². The van der Waals surface area contributed by atoms with Crippen LogP contribution < -0.4 is 5.14 Å². The first-order valence-electron chi connectivity index (χ1n) is 6.50. The lowest BCUT2D eigenvalue weighted by Crippen LogP contribution is -2.21. The van der Waals surface area contributed by atoms with Crippen LogP contribution in [0.4, 0.5) is 0 Å². The minimum atomic E-state index is -3.89. The van der Waals surface area contributed by atoms with E-state index in [9.17, 15) is 8.42 Å². The maximum atomic E-state index is 11.5. The van der Waals surface area contributed by atoms with Crippen molar-refractivity contribution >= 4 is 10.0 Å². The van der Waals surface area contributed by atoms with Gasteiger partial charge in [0.15, 0.2) is 0 Å². The summed E-state index contributed by atoms with van der Waals surface area (Å²) in [4.78, 5) is 0. The lowest BCUT2D eigenvalue weighted by Gasteiger charge is -2.08. The van der Waals surface area contributed by atoms with Crippen LogP contribution in [0.2, 0.25) is 0 Å². The highest BCUT2D eigenvalue weighted by molar-refractivity contribution is 7.89. The van der Waals surface area contributed by atoms with E-state index in [0.29, 0.717) is 25.4 Å². The molecule has 1 aromatic carbocycles. The Balaban J connectivity index is 2.20. The zero-order valence-corrected chi connectivity index (χ0v) is 12.6. The molecule has 0 saturated carbocycles. The summed E-state index contributed by atoms with van der Waals surface area (Å²) in [6.07, 6.45) is 1.33. The monoisotopic (exact) mass is 310 g/mol. The summed E-state index contributed by atoms with van der Waals surface area (Å²) < 4.78 is 29.5. The Morgan fingerprint density at radius 1 is 1.19 bits per heavy atom. The Morgan fingerprint density at radius 2 is 1.90 bits per heavy atom. The number of primary sulfonamides is 1. The molecule has 8 heteroatoms. The molecule has 0 unspecified atom stereocenters. The van der Waals surface area contributed by atoms with Crippen molar-refractivity contribution in [3.05, 3.63) is 41.7 Å². The molecule has 114 valence electrons. The van der Waals surface area contributed by atoms with Gasteiger partial charge in [0.25, 0.3) is 15.2 Å². The largest absolute Gasteiger partial charge is 0.383 e. The average molecular weight is 310 g/mol. The molecule has 7 nitrogen and oxygen atoms in total. The number of nitrogens with zero attached hydrogens (tertiary/aromatic N) is 3. The molecule has 0 aliphatic heterocycles. The van der Waals surface area contributed by atoms with Crippen molar-refractivity contribution in [2.45, 2.75) is 24.5 Å². The van der Waals surface area contributed by atoms with Gasteiger partial charge in [-0.3, -0.25) is 4.57 Å². The van der Waals surface area contributed by atoms with Gasteiger partial charge >= 0.3 is 0 Å². The summed E-state index contributed by atoms with van der Waals surface area (Å²) in [6, 6.07) is 9.89. The van der Waals surface area contributed by atoms with Gasteiger partial charge in [-0.15, -0.1) is 10.2 Å². The summed E-state index contributed by atoms with van der Waals surface area (Å²) in [5.74, 6) is 0.583. The normalized spacial score (nSPS) is 11.7. The lowest BCUT2D eigenvalue weighted by atomic mass is 10.1. The first-order chi connectivity index (χ1) is 10.0. The van der Waals surface area contributed by atoms with Crippen LogP contribution in [0.3, 0.4) is 0 Å². The van der Waals surface area contributed by atoms with E-state index in [2.05, 4.69) is 10.2 Å². The fourth-order valence-corrected chi connectivity index (χ4v) is 2.68. The van der Waals surface area contributed by atoms with Gasteiger partial charge in [0, 0.05) is 20.1 Å². The van der Waals surface area contributed by atoms with Gasteiger partial charge in [-0.25, -0.2) is 13.6 Å². The van der Waals surface area contributed by atoms with E-state index < -0.39 is 10.0 Å². The molecule has 21 heavy (non-hydrogen) atoms. The van der Waals surface area contributed by atoms with Crippen LogP contribution in [-0.2, 0) is 34.1 Å². The van der Waals surface area contributed by atoms with Crippen molar-refractivity contribution in [2.24, 2.45) is 5.14 Å². The number of hydrogen-bond acceptors (Lipinski definition) is 5. The highest BCUT2D eigenvalue weighted by Crippen LogP contribution is 2.10. The number of rotatable bonds is 7. The molecule has 0 bridgehead atoms. The second-order valence-corrected chi connectivity index (χ2v) is 6.03. The number of aromatic nitrogens is 3. The van der Waals surface area contributed by atoms with Crippen LogP contribution in [-0.4, -0.2) is 36.9 Å². The van der Waals surface area contributed by atoms with Crippen molar-refractivity contribution in [1.29, 1.82) is 0 Å². The van der Waals surface area contributed by atoms with E-state index >= 15 is 0 Å². The number of aryl methyl sites for hydroxylation is 2. The second kappa shape index (κ2) is 6.79. The van der Waals surface area contributed by atoms with E-state index in [1.165, 1.54) is 4.57 Å². The highest BCUT2D eigenvalue weighted by Gasteiger charge is 2.20. The summed E-state index contributed by atoms with van der Waals surface area (Å²) in [5, 5.41) is 12.6. The molecule has 1 aromatic heterocycles. The first kappa shape index (κ1) is 15.6. The quantitative estimate of drug-likeness (QED) is 0.795. The van der Waals surface area contributed by atoms with Crippen molar-refractivity contribution < 1.29 is 13.2 Å². The molecule has 0 fully saturated rings. The lowest BCUT2D eigenvalue weighted by molar-refractivity contribution is 0.183. The predicted octanol–water partition coefficient (Wildman–Crippen LogP) is 0.357. The fraction of sp³-hybridized carbons (Fsp3) is 0.385. The van der Waals surface area contributed by atoms with Gasteiger partial charge in [-0.2, -0.15) is 0 Å². The molecule has 0 radical (unpaired) electrons. The summed E-state index contributed by atoms with van der Waals surface area (Å²) in [5.41, 5.74) is 1.15. The summed E-state index contributed by atoms with van der Waals surface area (Å²) >= 11 is 0. The molecular weight excluding hydrogens is 292 g/mol. The van der Waals surface area contributed by atoms with Crippen molar-refractivity contribution in [2.75, 3.05) is 13.7 Å². The zero-order chi connectivity index (χ0) is 15.3. The van der Waals surface area contributed by atoms with Gasteiger partial charge in [0.1, 0.15) is 5.82 Å². The van der Waals surface area contributed by atoms with E-state index in [0.717, 1.165) is 12.0 Å². The van der Waals surface area contributed by atoms with E-state index in [-0.39, 0.29) is 5.16 Å². The topological polar surface area (TPSA) is 100 Å². The van der Waals surface area contributed by atoms with Crippen molar-refractivity contribution in [1.82, 2.24) is 14.8 Å². The van der Waals surface area contributed by atoms with E-state index in [1.807, 2.05) is 30.3 Å². The molecule has 0 atom stereocenters. The van der Waals surface area contributed by atoms with Gasteiger partial charge in [0.05, 0.1) is 6.61 Å². The van der Waals surface area contributed by atoms with Crippen LogP contribution in [0.1, 0.15) is 11.4 Å². The highest BCUT2D eigenvalue weighted by atomic mass is 32.2. The first-order valence-corrected chi connectivity index (χ1v) is 8.04. The van der Waals surface area contributed by atoms with Gasteiger partial charge in [-0.1, -0.05) is 30.3 Å². The van der Waals surface area contributed by atoms with Crippen LogP contribution in [0.5, 0.6) is 0 Å². The van der Waals surface area contributed by atoms with Crippen LogP contribution in [0.15, 0.2) is 35.5 Å². The fourth-order valence-electron chi connectivity index (χ4n) is 2.02. The third-order valence-electron chi connectivity index (χ3n) is 3.05. The number of ether oxygens (including phenoxy) is 1. The molecule has 2 aromatic rings. The Hall–Kier alpha value is -1.77. The molecule has 0 saturated heterocycles. The zero-order valence-electron chi connectivity index (χ0n) is 11.8. The SMILES string of the molecule is COCCn1c(CCc2ccccc2)nnc1S(N)(=O)=O. The molecule has 2 N–H and O–H groups in total. The third-order valence-corrected chi connectivity index (χ3v) is 3.86. The van der Waals surface area contributed by atoms with Crippen LogP contribution in [0.25, 0.3) is 0 Å². The third kappa shape index (κ3) is 4.10. The average Bonchev–Trinajstić information content (AvgIpc) is 2.87. The minimum Gasteiger partial charge on any atom is -0.383 e. The maximum Gasteiger partial charge on any atom is 0.273 e. The smallest absolute Gasteiger partial charge is 0.273 e. The molecule has 0 amide bonds. The molecule has 0 spiro atoms. The van der Waals surface area contributed by atoms with Gasteiger partial charge < -0.3 is 4.74 Å². The number of benzene rings is 1. The minimum absolute atomic E-state index is 0.220. The molecule has 1 heterocycles. The molecule has 0 aliphatic carbocycles. The van der Waals surface area contributed by atoms with Gasteiger partial charge in [-0.05, 0) is 12.0 Å². The number of hydrogen-bond donors (Lipinski definition) is 1. The molecular formula is C13H18N4O3S. The maximum absolute atomic E-state index is 11.5. The van der Waals surface area contributed by atoms with Gasteiger partial charge in [0.2, 0.25) is 0 Å². The molecule has 2 rings (SSSR count). The number of methoxy groups -OCH3 is 1. The van der Waals surface area contributed by atoms with Crippen molar-refractivity contribution in [3.63, 3.8) is 0 Å². The predicted molar refractivity (Wildman–Crippen MR) is 77.1 cm³/mol. The Kier molecular flexibility index (Phi) is 5.05. The Labute approximate surface area is 123 Å².